The molecule has 0 bridgehead atoms. The van der Waals surface area contributed by atoms with E-state index >= 15 is 0 Å². The third-order valence-corrected chi connectivity index (χ3v) is 8.00. The van der Waals surface area contributed by atoms with Gasteiger partial charge in [0.05, 0.1) is 36.2 Å². The number of carbonyl (C=O) groups is 3. The first-order valence-corrected chi connectivity index (χ1v) is 11.3. The predicted molar refractivity (Wildman–Crippen MR) is 112 cm³/mol. The van der Waals surface area contributed by atoms with E-state index in [1.165, 1.54) is 0 Å². The minimum Gasteiger partial charge on any atom is -0.461 e. The van der Waals surface area contributed by atoms with Gasteiger partial charge in [-0.2, -0.15) is 0 Å². The van der Waals surface area contributed by atoms with Gasteiger partial charge in [0, 0.05) is 16.9 Å². The Labute approximate surface area is 187 Å². The minimum atomic E-state index is -0.674. The zero-order valence-corrected chi connectivity index (χ0v) is 18.9. The predicted octanol–water partition coefficient (Wildman–Crippen LogP) is 2.09. The Balaban J connectivity index is 1.70. The van der Waals surface area contributed by atoms with Gasteiger partial charge >= 0.3 is 17.9 Å². The Hall–Kier alpha value is -2.19. The highest BCUT2D eigenvalue weighted by atomic mass is 16.6. The molecule has 1 spiro atoms. The lowest BCUT2D eigenvalue weighted by Gasteiger charge is -2.56. The van der Waals surface area contributed by atoms with Crippen LogP contribution < -0.4 is 0 Å². The maximum atomic E-state index is 12.7. The van der Waals surface area contributed by atoms with E-state index in [4.69, 9.17) is 18.9 Å². The average molecular weight is 449 g/mol. The van der Waals surface area contributed by atoms with Gasteiger partial charge in [-0.1, -0.05) is 33.9 Å². The molecule has 4 fully saturated rings. The number of esters is 3. The van der Waals surface area contributed by atoms with Crippen molar-refractivity contribution in [3.05, 3.63) is 24.3 Å². The molecule has 8 heteroatoms. The molecular weight excluding hydrogens is 416 g/mol. The zero-order valence-electron chi connectivity index (χ0n) is 18.9. The summed E-state index contributed by atoms with van der Waals surface area (Å²) < 4.78 is 23.5. The number of ether oxygens (including phenoxy) is 4. The molecule has 8 nitrogen and oxygen atoms in total. The highest BCUT2D eigenvalue weighted by Gasteiger charge is 2.72. The second-order valence-corrected chi connectivity index (χ2v) is 9.94. The fourth-order valence-corrected chi connectivity index (χ4v) is 5.91. The van der Waals surface area contributed by atoms with Gasteiger partial charge in [-0.25, -0.2) is 9.59 Å². The third-order valence-electron chi connectivity index (χ3n) is 8.00. The molecule has 2 aliphatic heterocycles. The van der Waals surface area contributed by atoms with Crippen LogP contribution in [0, 0.1) is 23.2 Å². The van der Waals surface area contributed by atoms with Crippen LogP contribution >= 0.6 is 0 Å². The molecule has 1 N–H and O–H groups in total. The Morgan fingerprint density at radius 1 is 1.34 bits per heavy atom. The molecular formula is C24H32O8. The van der Waals surface area contributed by atoms with Gasteiger partial charge in [-0.15, -0.1) is 0 Å². The molecule has 0 aromatic rings. The molecule has 0 aromatic carbocycles. The summed E-state index contributed by atoms with van der Waals surface area (Å²) in [4.78, 5) is 37.7. The van der Waals surface area contributed by atoms with Crippen molar-refractivity contribution in [2.75, 3.05) is 13.2 Å². The van der Waals surface area contributed by atoms with Crippen molar-refractivity contribution in [3.8, 4) is 0 Å². The van der Waals surface area contributed by atoms with E-state index in [-0.39, 0.29) is 23.4 Å². The van der Waals surface area contributed by atoms with Crippen LogP contribution in [0.1, 0.15) is 46.5 Å². The second kappa shape index (κ2) is 7.99. The van der Waals surface area contributed by atoms with Crippen molar-refractivity contribution in [1.29, 1.82) is 0 Å². The van der Waals surface area contributed by atoms with Crippen LogP contribution in [-0.2, 0) is 33.3 Å². The number of aliphatic hydroxyl groups is 1. The van der Waals surface area contributed by atoms with Crippen LogP contribution in [0.3, 0.4) is 0 Å². The molecule has 2 saturated heterocycles. The summed E-state index contributed by atoms with van der Waals surface area (Å²) in [7, 11) is 0. The van der Waals surface area contributed by atoms with E-state index in [0.717, 1.165) is 0 Å². The zero-order chi connectivity index (χ0) is 23.4. The van der Waals surface area contributed by atoms with E-state index in [9.17, 15) is 19.5 Å². The van der Waals surface area contributed by atoms with E-state index in [1.54, 1.807) is 6.92 Å². The van der Waals surface area contributed by atoms with Crippen LogP contribution in [0.5, 0.6) is 0 Å². The van der Waals surface area contributed by atoms with E-state index < -0.39 is 53.8 Å². The van der Waals surface area contributed by atoms with Gasteiger partial charge in [-0.3, -0.25) is 4.79 Å². The molecule has 2 aliphatic carbocycles. The molecule has 4 rings (SSSR count). The Morgan fingerprint density at radius 3 is 2.62 bits per heavy atom. The molecule has 0 aromatic heterocycles. The minimum absolute atomic E-state index is 0.0257. The monoisotopic (exact) mass is 448 g/mol. The Bertz CT molecular complexity index is 858. The number of epoxide rings is 1. The largest absolute Gasteiger partial charge is 0.461 e. The number of fused-ring (bicyclic) bond motifs is 4. The lowest BCUT2D eigenvalue weighted by Crippen LogP contribution is -2.63. The lowest BCUT2D eigenvalue weighted by molar-refractivity contribution is -0.210. The van der Waals surface area contributed by atoms with Gasteiger partial charge in [0.25, 0.3) is 0 Å². The van der Waals surface area contributed by atoms with E-state index in [2.05, 4.69) is 13.2 Å². The summed E-state index contributed by atoms with van der Waals surface area (Å²) in [5.74, 6) is -2.46. The van der Waals surface area contributed by atoms with Crippen LogP contribution in [-0.4, -0.2) is 60.1 Å². The average Bonchev–Trinajstić information content (AvgIpc) is 3.46. The maximum Gasteiger partial charge on any atom is 0.336 e. The van der Waals surface area contributed by atoms with Gasteiger partial charge in [-0.05, 0) is 25.7 Å². The fraction of sp³-hybridized carbons (Fsp3) is 0.708. The smallest absolute Gasteiger partial charge is 0.336 e. The van der Waals surface area contributed by atoms with Crippen LogP contribution in [0.15, 0.2) is 24.3 Å². The van der Waals surface area contributed by atoms with Crippen molar-refractivity contribution in [2.24, 2.45) is 23.2 Å². The number of hydrogen-bond acceptors (Lipinski definition) is 8. The number of carbonyl (C=O) groups excluding carboxylic acids is 3. The summed E-state index contributed by atoms with van der Waals surface area (Å²) in [5, 5.41) is 9.28. The molecule has 0 amide bonds. The molecule has 2 heterocycles. The summed E-state index contributed by atoms with van der Waals surface area (Å²) in [6.07, 6.45) is 0.488. The third kappa shape index (κ3) is 3.48. The molecule has 32 heavy (non-hydrogen) atoms. The summed E-state index contributed by atoms with van der Waals surface area (Å²) in [6, 6.07) is 0. The van der Waals surface area contributed by atoms with Crippen molar-refractivity contribution < 1.29 is 38.4 Å². The molecule has 0 radical (unpaired) electrons. The van der Waals surface area contributed by atoms with E-state index in [1.807, 2.05) is 13.8 Å². The molecule has 176 valence electrons. The lowest BCUT2D eigenvalue weighted by atomic mass is 9.51. The quantitative estimate of drug-likeness (QED) is 0.285. The number of rotatable bonds is 6. The summed E-state index contributed by atoms with van der Waals surface area (Å²) in [6.45, 7) is 13.3. The van der Waals surface area contributed by atoms with Crippen molar-refractivity contribution in [3.63, 3.8) is 0 Å². The van der Waals surface area contributed by atoms with Crippen molar-refractivity contribution >= 4 is 17.9 Å². The summed E-state index contributed by atoms with van der Waals surface area (Å²) >= 11 is 0. The van der Waals surface area contributed by atoms with Crippen molar-refractivity contribution in [1.82, 2.24) is 0 Å². The fourth-order valence-electron chi connectivity index (χ4n) is 5.91. The summed E-state index contributed by atoms with van der Waals surface area (Å²) in [5.41, 5.74) is -0.845. The van der Waals surface area contributed by atoms with Crippen LogP contribution in [0.25, 0.3) is 0 Å². The highest BCUT2D eigenvalue weighted by molar-refractivity contribution is 5.91. The van der Waals surface area contributed by atoms with Gasteiger partial charge in [0.1, 0.15) is 18.3 Å². The molecule has 2 saturated carbocycles. The standard InChI is InChI=1S/C24H32O8/c1-6-12(2)20(26)30-15-9-23(5)16(31-21(27)13(3)10-25)7-8-24(11-29-24)19(23)18-17(15)14(4)22(28)32-18/h12,15-19,25H,3-4,6-11H2,1-2,5H3. The highest BCUT2D eigenvalue weighted by Crippen LogP contribution is 2.64. The Kier molecular flexibility index (Phi) is 5.74. The van der Waals surface area contributed by atoms with Crippen LogP contribution in [0.2, 0.25) is 0 Å². The molecule has 4 aliphatic rings. The van der Waals surface area contributed by atoms with Gasteiger partial charge < -0.3 is 24.1 Å². The normalized spacial score (nSPS) is 40.7. The molecule has 8 atom stereocenters. The van der Waals surface area contributed by atoms with Crippen LogP contribution in [0.4, 0.5) is 0 Å². The number of aliphatic hydroxyl groups excluding tert-OH is 1. The van der Waals surface area contributed by atoms with Crippen molar-refractivity contribution in [2.45, 2.75) is 70.4 Å². The Morgan fingerprint density at radius 2 is 2.03 bits per heavy atom. The first-order chi connectivity index (χ1) is 15.1. The number of hydrogen-bond donors (Lipinski definition) is 1. The maximum absolute atomic E-state index is 12.7. The van der Waals surface area contributed by atoms with E-state index in [0.29, 0.717) is 37.9 Å². The SMILES string of the molecule is C=C(CO)C(=O)OC1CCC2(CO2)C2C3OC(=O)C(=C)C3C(OC(=O)C(C)CC)CC12C. The van der Waals surface area contributed by atoms with Gasteiger partial charge in [0.2, 0.25) is 0 Å². The molecule has 8 unspecified atom stereocenters. The first kappa shape index (κ1) is 23.0. The second-order valence-electron chi connectivity index (χ2n) is 9.94. The van der Waals surface area contributed by atoms with Gasteiger partial charge in [0.15, 0.2) is 0 Å². The first-order valence-electron chi connectivity index (χ1n) is 11.3. The topological polar surface area (TPSA) is 112 Å².